The molecule has 1 aliphatic heterocycles. The van der Waals surface area contributed by atoms with Gasteiger partial charge in [-0.15, -0.1) is 5.10 Å². The molecule has 2 atom stereocenters. The summed E-state index contributed by atoms with van der Waals surface area (Å²) in [7, 11) is 0. The van der Waals surface area contributed by atoms with Gasteiger partial charge in [0.05, 0.1) is 6.20 Å². The van der Waals surface area contributed by atoms with Gasteiger partial charge in [-0.3, -0.25) is 14.7 Å². The summed E-state index contributed by atoms with van der Waals surface area (Å²) in [6.07, 6.45) is 3.21. The minimum absolute atomic E-state index is 0.0845. The molecule has 3 heterocycles. The second kappa shape index (κ2) is 6.97. The lowest BCUT2D eigenvalue weighted by atomic mass is 10.1. The van der Waals surface area contributed by atoms with Gasteiger partial charge in [0.25, 0.3) is 5.91 Å². The van der Waals surface area contributed by atoms with E-state index in [4.69, 9.17) is 5.73 Å². The number of hydrogen-bond acceptors (Lipinski definition) is 7. The molecule has 2 amide bonds. The van der Waals surface area contributed by atoms with E-state index >= 15 is 0 Å². The van der Waals surface area contributed by atoms with Crippen LogP contribution in [0.3, 0.4) is 0 Å². The number of rotatable bonds is 5. The zero-order valence-electron chi connectivity index (χ0n) is 14.2. The number of nitrogens with two attached hydrogens (primary N) is 1. The highest BCUT2D eigenvalue weighted by atomic mass is 16.2. The van der Waals surface area contributed by atoms with E-state index < -0.39 is 6.04 Å². The minimum Gasteiger partial charge on any atom is -0.341 e. The molecule has 2 aromatic rings. The fourth-order valence-electron chi connectivity index (χ4n) is 3.10. The van der Waals surface area contributed by atoms with E-state index in [0.29, 0.717) is 37.4 Å². The molecule has 11 heteroatoms. The lowest BCUT2D eigenvalue weighted by Crippen LogP contribution is -2.47. The standard InChI is InChI=1S/C14H21N9O2/c1-3-21(4-2)14(25)11-5-9(15)7-22(11)13(24)10-6-16-18-12(10)23-8-17-19-20-23/h6,8-9,11H,3-5,7,15H2,1-2H3,(H,16,18)/t9-,11+/m1/s1. The van der Waals surface area contributed by atoms with Crippen molar-refractivity contribution in [3.8, 4) is 5.82 Å². The van der Waals surface area contributed by atoms with Crippen LogP contribution in [0.25, 0.3) is 5.82 Å². The van der Waals surface area contributed by atoms with E-state index in [-0.39, 0.29) is 17.9 Å². The van der Waals surface area contributed by atoms with E-state index in [9.17, 15) is 9.59 Å². The van der Waals surface area contributed by atoms with E-state index in [1.54, 1.807) is 4.90 Å². The van der Waals surface area contributed by atoms with Gasteiger partial charge in [0, 0.05) is 25.7 Å². The normalized spacial score (nSPS) is 20.0. The van der Waals surface area contributed by atoms with Crippen LogP contribution in [0.1, 0.15) is 30.6 Å². The lowest BCUT2D eigenvalue weighted by molar-refractivity contribution is -0.134. The SMILES string of the molecule is CCN(CC)C(=O)[C@@H]1C[C@@H](N)CN1C(=O)c1cn[nH]c1-n1cnnn1. The van der Waals surface area contributed by atoms with Gasteiger partial charge < -0.3 is 15.5 Å². The van der Waals surface area contributed by atoms with Crippen LogP contribution in [0.2, 0.25) is 0 Å². The highest BCUT2D eigenvalue weighted by molar-refractivity contribution is 6.00. The Hall–Kier alpha value is -2.82. The number of amides is 2. The van der Waals surface area contributed by atoms with Crippen LogP contribution in [0.4, 0.5) is 0 Å². The van der Waals surface area contributed by atoms with Gasteiger partial charge in [0.2, 0.25) is 5.91 Å². The molecule has 3 rings (SSSR count). The maximum absolute atomic E-state index is 13.0. The van der Waals surface area contributed by atoms with Crippen LogP contribution < -0.4 is 5.73 Å². The van der Waals surface area contributed by atoms with Crippen LogP contribution in [0, 0.1) is 0 Å². The maximum Gasteiger partial charge on any atom is 0.260 e. The third kappa shape index (κ3) is 3.09. The van der Waals surface area contributed by atoms with E-state index in [1.165, 1.54) is 22.1 Å². The molecule has 1 saturated heterocycles. The Labute approximate surface area is 144 Å². The highest BCUT2D eigenvalue weighted by Gasteiger charge is 2.40. The molecule has 1 fully saturated rings. The summed E-state index contributed by atoms with van der Waals surface area (Å²) in [6.45, 7) is 5.31. The molecule has 2 aromatic heterocycles. The Morgan fingerprint density at radius 1 is 1.40 bits per heavy atom. The summed E-state index contributed by atoms with van der Waals surface area (Å²) < 4.78 is 1.32. The molecule has 0 bridgehead atoms. The van der Waals surface area contributed by atoms with Gasteiger partial charge in [-0.1, -0.05) is 0 Å². The predicted molar refractivity (Wildman–Crippen MR) is 86.6 cm³/mol. The van der Waals surface area contributed by atoms with Crippen molar-refractivity contribution in [2.45, 2.75) is 32.4 Å². The number of carbonyl (C=O) groups excluding carboxylic acids is 2. The van der Waals surface area contributed by atoms with E-state index in [0.717, 1.165) is 0 Å². The first kappa shape index (κ1) is 17.0. The van der Waals surface area contributed by atoms with Gasteiger partial charge in [-0.2, -0.15) is 9.78 Å². The zero-order valence-corrected chi connectivity index (χ0v) is 14.2. The number of nitrogens with zero attached hydrogens (tertiary/aromatic N) is 7. The van der Waals surface area contributed by atoms with Crippen molar-refractivity contribution in [2.75, 3.05) is 19.6 Å². The number of tetrazole rings is 1. The molecule has 1 aliphatic rings. The number of nitrogens with one attached hydrogen (secondary N) is 1. The number of aromatic amines is 1. The van der Waals surface area contributed by atoms with Gasteiger partial charge >= 0.3 is 0 Å². The van der Waals surface area contributed by atoms with Gasteiger partial charge in [-0.25, -0.2) is 0 Å². The molecule has 11 nitrogen and oxygen atoms in total. The first-order chi connectivity index (χ1) is 12.1. The number of likely N-dealkylation sites (N-methyl/N-ethyl adjacent to an activating group) is 1. The molecule has 0 aliphatic carbocycles. The van der Waals surface area contributed by atoms with E-state index in [1.807, 2.05) is 13.8 Å². The Bertz CT molecular complexity index is 737. The topological polar surface area (TPSA) is 139 Å². The molecular weight excluding hydrogens is 326 g/mol. The summed E-state index contributed by atoms with van der Waals surface area (Å²) in [5, 5.41) is 17.5. The molecule has 0 radical (unpaired) electrons. The number of carbonyl (C=O) groups is 2. The molecule has 0 unspecified atom stereocenters. The smallest absolute Gasteiger partial charge is 0.260 e. The van der Waals surface area contributed by atoms with Crippen molar-refractivity contribution in [3.05, 3.63) is 18.1 Å². The zero-order chi connectivity index (χ0) is 18.0. The summed E-state index contributed by atoms with van der Waals surface area (Å²) in [5.41, 5.74) is 6.33. The molecule has 0 spiro atoms. The molecule has 0 saturated carbocycles. The maximum atomic E-state index is 13.0. The van der Waals surface area contributed by atoms with E-state index in [2.05, 4.69) is 25.7 Å². The van der Waals surface area contributed by atoms with Crippen molar-refractivity contribution in [1.82, 2.24) is 40.2 Å². The van der Waals surface area contributed by atoms with Gasteiger partial charge in [0.15, 0.2) is 5.82 Å². The predicted octanol–water partition coefficient (Wildman–Crippen LogP) is -1.20. The van der Waals surface area contributed by atoms with Crippen LogP contribution in [0.15, 0.2) is 12.5 Å². The molecule has 0 aromatic carbocycles. The second-order valence-corrected chi connectivity index (χ2v) is 5.87. The molecule has 25 heavy (non-hydrogen) atoms. The van der Waals surface area contributed by atoms with Crippen molar-refractivity contribution < 1.29 is 9.59 Å². The quantitative estimate of drug-likeness (QED) is 0.692. The molecule has 134 valence electrons. The minimum atomic E-state index is -0.570. The lowest BCUT2D eigenvalue weighted by Gasteiger charge is -2.28. The van der Waals surface area contributed by atoms with Crippen molar-refractivity contribution in [2.24, 2.45) is 5.73 Å². The first-order valence-corrected chi connectivity index (χ1v) is 8.18. The molecule has 3 N–H and O–H groups in total. The Morgan fingerprint density at radius 2 is 2.16 bits per heavy atom. The van der Waals surface area contributed by atoms with Crippen LogP contribution in [0.5, 0.6) is 0 Å². The fraction of sp³-hybridized carbons (Fsp3) is 0.571. The van der Waals surface area contributed by atoms with Crippen molar-refractivity contribution in [3.63, 3.8) is 0 Å². The number of H-pyrrole nitrogens is 1. The van der Waals surface area contributed by atoms with Crippen molar-refractivity contribution >= 4 is 11.8 Å². The van der Waals surface area contributed by atoms with Crippen LogP contribution in [-0.2, 0) is 4.79 Å². The number of likely N-dealkylation sites (tertiary alicyclic amines) is 1. The fourth-order valence-corrected chi connectivity index (χ4v) is 3.10. The summed E-state index contributed by atoms with van der Waals surface area (Å²) in [6, 6.07) is -0.809. The Morgan fingerprint density at radius 3 is 2.80 bits per heavy atom. The first-order valence-electron chi connectivity index (χ1n) is 8.18. The average Bonchev–Trinajstić information content (AvgIpc) is 3.34. The summed E-state index contributed by atoms with van der Waals surface area (Å²) in [5.74, 6) is -0.0546. The number of aromatic nitrogens is 6. The Kier molecular flexibility index (Phi) is 4.74. The van der Waals surface area contributed by atoms with Gasteiger partial charge in [-0.05, 0) is 30.7 Å². The Balaban J connectivity index is 1.88. The van der Waals surface area contributed by atoms with Crippen molar-refractivity contribution in [1.29, 1.82) is 0 Å². The summed E-state index contributed by atoms with van der Waals surface area (Å²) >= 11 is 0. The van der Waals surface area contributed by atoms with Crippen LogP contribution >= 0.6 is 0 Å². The third-order valence-electron chi connectivity index (χ3n) is 4.38. The van der Waals surface area contributed by atoms with Gasteiger partial charge in [0.1, 0.15) is 17.9 Å². The molecular formula is C14H21N9O2. The second-order valence-electron chi connectivity index (χ2n) is 5.87. The highest BCUT2D eigenvalue weighted by Crippen LogP contribution is 2.23. The average molecular weight is 347 g/mol. The third-order valence-corrected chi connectivity index (χ3v) is 4.38. The van der Waals surface area contributed by atoms with Crippen LogP contribution in [-0.4, -0.2) is 83.7 Å². The number of hydrogen-bond donors (Lipinski definition) is 2. The largest absolute Gasteiger partial charge is 0.341 e. The monoisotopic (exact) mass is 347 g/mol. The summed E-state index contributed by atoms with van der Waals surface area (Å²) in [4.78, 5) is 29.0.